The number of unbranched alkanes of at least 4 members (excludes halogenated alkanes) is 1. The molecular formula is C12H21N3O8. The number of nitrogens with zero attached hydrogens (tertiary/aromatic N) is 2. The van der Waals surface area contributed by atoms with Gasteiger partial charge >= 0.3 is 18.3 Å². The van der Waals surface area contributed by atoms with Crippen molar-refractivity contribution in [2.75, 3.05) is 27.3 Å². The second kappa shape index (κ2) is 12.2. The molecule has 11 heteroatoms. The van der Waals surface area contributed by atoms with Gasteiger partial charge in [0.15, 0.2) is 0 Å². The van der Waals surface area contributed by atoms with E-state index in [-0.39, 0.29) is 13.1 Å². The van der Waals surface area contributed by atoms with E-state index in [1.54, 1.807) is 0 Å². The van der Waals surface area contributed by atoms with Crippen LogP contribution in [0.2, 0.25) is 0 Å². The lowest BCUT2D eigenvalue weighted by molar-refractivity contribution is -0.138. The Morgan fingerprint density at radius 1 is 1.22 bits per heavy atom. The van der Waals surface area contributed by atoms with Gasteiger partial charge in [0.1, 0.15) is 6.04 Å². The summed E-state index contributed by atoms with van der Waals surface area (Å²) in [4.78, 5) is 41.5. The van der Waals surface area contributed by atoms with Crippen LogP contribution < -0.4 is 5.73 Å². The summed E-state index contributed by atoms with van der Waals surface area (Å²) in [6, 6.07) is -0.931. The molecule has 0 aliphatic carbocycles. The van der Waals surface area contributed by atoms with Crippen molar-refractivity contribution in [3.8, 4) is 0 Å². The highest BCUT2D eigenvalue weighted by molar-refractivity contribution is 5.72. The Balaban J connectivity index is 4.21. The van der Waals surface area contributed by atoms with E-state index < -0.39 is 24.3 Å². The van der Waals surface area contributed by atoms with E-state index in [0.717, 1.165) is 14.2 Å². The Morgan fingerprint density at radius 3 is 2.43 bits per heavy atom. The van der Waals surface area contributed by atoms with E-state index >= 15 is 0 Å². The minimum absolute atomic E-state index is 0.0249. The first-order valence-electron chi connectivity index (χ1n) is 6.66. The van der Waals surface area contributed by atoms with Gasteiger partial charge in [0.25, 0.3) is 0 Å². The fourth-order valence-electron chi connectivity index (χ4n) is 1.33. The monoisotopic (exact) mass is 335 g/mol. The summed E-state index contributed by atoms with van der Waals surface area (Å²) < 4.78 is 8.57. The summed E-state index contributed by atoms with van der Waals surface area (Å²) >= 11 is 0. The molecule has 0 saturated heterocycles. The van der Waals surface area contributed by atoms with Crippen LogP contribution in [0.1, 0.15) is 19.3 Å². The number of oxime groups is 1. The molecule has 0 aromatic carbocycles. The van der Waals surface area contributed by atoms with Crippen LogP contribution in [0.15, 0.2) is 5.16 Å². The third kappa shape index (κ3) is 10.9. The zero-order valence-corrected chi connectivity index (χ0v) is 13.0. The summed E-state index contributed by atoms with van der Waals surface area (Å²) in [6.07, 6.45) is 0.608. The number of carboxylic acid groups (broad SMARTS) is 1. The molecule has 0 spiro atoms. The summed E-state index contributed by atoms with van der Waals surface area (Å²) in [5.41, 5.74) is 5.38. The van der Waals surface area contributed by atoms with Crippen molar-refractivity contribution in [2.24, 2.45) is 10.9 Å². The molecule has 0 aliphatic rings. The first-order chi connectivity index (χ1) is 10.9. The number of rotatable bonds is 10. The fourth-order valence-corrected chi connectivity index (χ4v) is 1.33. The average Bonchev–Trinajstić information content (AvgIpc) is 2.53. The van der Waals surface area contributed by atoms with Crippen LogP contribution in [0.5, 0.6) is 0 Å². The van der Waals surface area contributed by atoms with Gasteiger partial charge in [-0.3, -0.25) is 9.63 Å². The SMILES string of the molecule is COC(=O)ON=CCN(CCCC[C@H](N)C(=O)O)OC(=O)OC. The van der Waals surface area contributed by atoms with Crippen LogP contribution in [0, 0.1) is 0 Å². The summed E-state index contributed by atoms with van der Waals surface area (Å²) in [7, 11) is 2.28. The molecule has 0 heterocycles. The summed E-state index contributed by atoms with van der Waals surface area (Å²) in [5, 5.41) is 13.2. The third-order valence-corrected chi connectivity index (χ3v) is 2.51. The van der Waals surface area contributed by atoms with E-state index in [1.807, 2.05) is 0 Å². The largest absolute Gasteiger partial charge is 0.534 e. The maximum absolute atomic E-state index is 11.1. The molecule has 0 unspecified atom stereocenters. The van der Waals surface area contributed by atoms with Gasteiger partial charge in [-0.25, -0.2) is 9.59 Å². The summed E-state index contributed by atoms with van der Waals surface area (Å²) in [6.45, 7) is 0.308. The molecule has 0 aromatic rings. The van der Waals surface area contributed by atoms with Crippen molar-refractivity contribution in [3.63, 3.8) is 0 Å². The Kier molecular flexibility index (Phi) is 10.9. The molecule has 0 rings (SSSR count). The fraction of sp³-hybridized carbons (Fsp3) is 0.667. The van der Waals surface area contributed by atoms with Crippen LogP contribution in [0.3, 0.4) is 0 Å². The minimum Gasteiger partial charge on any atom is -0.480 e. The van der Waals surface area contributed by atoms with Gasteiger partial charge in [-0.15, -0.1) is 5.06 Å². The van der Waals surface area contributed by atoms with Crippen molar-refractivity contribution >= 4 is 24.5 Å². The molecule has 23 heavy (non-hydrogen) atoms. The molecule has 1 atom stereocenters. The van der Waals surface area contributed by atoms with Gasteiger partial charge in [-0.05, 0) is 19.3 Å². The lowest BCUT2D eigenvalue weighted by Crippen LogP contribution is -2.32. The van der Waals surface area contributed by atoms with Gasteiger partial charge in [0, 0.05) is 6.54 Å². The second-order valence-electron chi connectivity index (χ2n) is 4.21. The van der Waals surface area contributed by atoms with Gasteiger partial charge in [-0.1, -0.05) is 5.16 Å². The number of nitrogens with two attached hydrogens (primary N) is 1. The van der Waals surface area contributed by atoms with Gasteiger partial charge in [0.05, 0.1) is 27.0 Å². The Morgan fingerprint density at radius 2 is 1.87 bits per heavy atom. The molecule has 0 radical (unpaired) electrons. The highest BCUT2D eigenvalue weighted by atomic mass is 16.8. The molecule has 0 aromatic heterocycles. The number of aliphatic carboxylic acids is 1. The van der Waals surface area contributed by atoms with Gasteiger partial charge < -0.3 is 25.2 Å². The zero-order chi connectivity index (χ0) is 17.7. The number of ether oxygens (including phenoxy) is 2. The number of hydroxylamine groups is 2. The maximum atomic E-state index is 11.1. The molecule has 11 nitrogen and oxygen atoms in total. The van der Waals surface area contributed by atoms with Gasteiger partial charge in [0.2, 0.25) is 0 Å². The van der Waals surface area contributed by atoms with E-state index in [2.05, 4.69) is 19.5 Å². The molecule has 132 valence electrons. The first kappa shape index (κ1) is 20.6. The number of methoxy groups -OCH3 is 2. The molecule has 0 amide bonds. The third-order valence-electron chi connectivity index (χ3n) is 2.51. The maximum Gasteiger partial charge on any atom is 0.534 e. The Bertz CT molecular complexity index is 415. The van der Waals surface area contributed by atoms with Crippen molar-refractivity contribution in [1.82, 2.24) is 5.06 Å². The van der Waals surface area contributed by atoms with E-state index in [4.69, 9.17) is 15.7 Å². The van der Waals surface area contributed by atoms with Crippen LogP contribution in [0.4, 0.5) is 9.59 Å². The van der Waals surface area contributed by atoms with Crippen LogP contribution >= 0.6 is 0 Å². The Hall–Kier alpha value is -2.40. The smallest absolute Gasteiger partial charge is 0.480 e. The topological polar surface area (TPSA) is 150 Å². The zero-order valence-electron chi connectivity index (χ0n) is 13.0. The van der Waals surface area contributed by atoms with Crippen molar-refractivity contribution in [2.45, 2.75) is 25.3 Å². The standard InChI is InChI=1S/C12H21N3O8/c1-20-11(18)22-14-6-8-15(23-12(19)21-2)7-4-3-5-9(13)10(16)17/h6,9H,3-5,7-8,13H2,1-2H3,(H,16,17)/t9-/m0/s1. The molecule has 0 saturated carbocycles. The highest BCUT2D eigenvalue weighted by Gasteiger charge is 2.13. The predicted octanol–water partition coefficient (Wildman–Crippen LogP) is 0.337. The van der Waals surface area contributed by atoms with Crippen molar-refractivity contribution < 1.29 is 38.6 Å². The van der Waals surface area contributed by atoms with E-state index in [1.165, 1.54) is 11.3 Å². The van der Waals surface area contributed by atoms with Crippen LogP contribution in [-0.4, -0.2) is 68.0 Å². The number of carbonyl (C=O) groups excluding carboxylic acids is 2. The molecule has 0 bridgehead atoms. The number of carbonyl (C=O) groups is 3. The number of hydrogen-bond donors (Lipinski definition) is 2. The van der Waals surface area contributed by atoms with Crippen LogP contribution in [-0.2, 0) is 23.9 Å². The normalized spacial score (nSPS) is 12.0. The second-order valence-corrected chi connectivity index (χ2v) is 4.21. The first-order valence-corrected chi connectivity index (χ1v) is 6.66. The lowest BCUT2D eigenvalue weighted by Gasteiger charge is -2.18. The molecular weight excluding hydrogens is 314 g/mol. The lowest BCUT2D eigenvalue weighted by atomic mass is 10.1. The van der Waals surface area contributed by atoms with Crippen LogP contribution in [0.25, 0.3) is 0 Å². The molecule has 0 fully saturated rings. The summed E-state index contributed by atoms with van der Waals surface area (Å²) in [5.74, 6) is -1.07. The molecule has 0 aliphatic heterocycles. The quantitative estimate of drug-likeness (QED) is 0.188. The highest BCUT2D eigenvalue weighted by Crippen LogP contribution is 2.03. The molecule has 3 N–H and O–H groups in total. The number of carboxylic acids is 1. The average molecular weight is 335 g/mol. The Labute approximate surface area is 132 Å². The van der Waals surface area contributed by atoms with Crippen molar-refractivity contribution in [1.29, 1.82) is 0 Å². The minimum atomic E-state index is -1.07. The van der Waals surface area contributed by atoms with Gasteiger partial charge in [-0.2, -0.15) is 0 Å². The number of hydrogen-bond acceptors (Lipinski definition) is 10. The predicted molar refractivity (Wildman–Crippen MR) is 76.5 cm³/mol. The van der Waals surface area contributed by atoms with E-state index in [0.29, 0.717) is 19.3 Å². The van der Waals surface area contributed by atoms with E-state index in [9.17, 15) is 14.4 Å². The van der Waals surface area contributed by atoms with Crippen molar-refractivity contribution in [3.05, 3.63) is 0 Å².